The van der Waals surface area contributed by atoms with Crippen molar-refractivity contribution in [2.45, 2.75) is 19.1 Å². The molecule has 100 valence electrons. The van der Waals surface area contributed by atoms with E-state index in [2.05, 4.69) is 21.2 Å². The molecule has 1 aliphatic heterocycles. The molecule has 0 radical (unpaired) electrons. The molecule has 0 aliphatic carbocycles. The molecule has 0 aromatic carbocycles. The molecular formula is C14H18N4O. The Morgan fingerprint density at radius 1 is 1.37 bits per heavy atom. The van der Waals surface area contributed by atoms with Gasteiger partial charge in [0.2, 0.25) is 0 Å². The van der Waals surface area contributed by atoms with Crippen LogP contribution in [0.25, 0.3) is 11.3 Å². The fourth-order valence-electron chi connectivity index (χ4n) is 2.60. The van der Waals surface area contributed by atoms with Gasteiger partial charge in [0.1, 0.15) is 0 Å². The van der Waals surface area contributed by atoms with E-state index < -0.39 is 0 Å². The highest BCUT2D eigenvalue weighted by Crippen LogP contribution is 2.23. The van der Waals surface area contributed by atoms with Gasteiger partial charge in [-0.25, -0.2) is 0 Å². The summed E-state index contributed by atoms with van der Waals surface area (Å²) < 4.78 is 1.84. The average molecular weight is 258 g/mol. The third-order valence-corrected chi connectivity index (χ3v) is 3.50. The monoisotopic (exact) mass is 258 g/mol. The van der Waals surface area contributed by atoms with E-state index in [1.54, 1.807) is 12.4 Å². The van der Waals surface area contributed by atoms with Crippen LogP contribution in [0.3, 0.4) is 0 Å². The molecule has 1 fully saturated rings. The molecule has 0 saturated carbocycles. The predicted molar refractivity (Wildman–Crippen MR) is 72.3 cm³/mol. The number of β-amino-alcohol motifs (C(OH)–C–C–N with tert-alkyl or cyclic N) is 1. The molecule has 0 unspecified atom stereocenters. The largest absolute Gasteiger partial charge is 0.392 e. The summed E-state index contributed by atoms with van der Waals surface area (Å²) >= 11 is 0. The molecule has 0 spiro atoms. The zero-order valence-corrected chi connectivity index (χ0v) is 11.0. The minimum atomic E-state index is -0.180. The summed E-state index contributed by atoms with van der Waals surface area (Å²) in [6, 6.07) is 3.95. The van der Waals surface area contributed by atoms with Gasteiger partial charge in [-0.3, -0.25) is 14.6 Å². The lowest BCUT2D eigenvalue weighted by Crippen LogP contribution is -2.21. The fourth-order valence-corrected chi connectivity index (χ4v) is 2.60. The van der Waals surface area contributed by atoms with E-state index in [4.69, 9.17) is 0 Å². The highest BCUT2D eigenvalue weighted by Gasteiger charge is 2.22. The zero-order chi connectivity index (χ0) is 13.2. The minimum absolute atomic E-state index is 0.180. The Balaban J connectivity index is 1.85. The maximum Gasteiger partial charge on any atom is 0.0969 e. The van der Waals surface area contributed by atoms with Crippen LogP contribution in [0.15, 0.2) is 30.7 Å². The van der Waals surface area contributed by atoms with Crippen molar-refractivity contribution < 1.29 is 5.11 Å². The molecular weight excluding hydrogens is 240 g/mol. The van der Waals surface area contributed by atoms with Gasteiger partial charge < -0.3 is 5.11 Å². The lowest BCUT2D eigenvalue weighted by atomic mass is 10.1. The highest BCUT2D eigenvalue weighted by atomic mass is 16.3. The van der Waals surface area contributed by atoms with Crippen LogP contribution in [0, 0.1) is 0 Å². The van der Waals surface area contributed by atoms with Gasteiger partial charge in [-0.2, -0.15) is 5.10 Å². The summed E-state index contributed by atoms with van der Waals surface area (Å²) in [4.78, 5) is 6.31. The van der Waals surface area contributed by atoms with Crippen LogP contribution < -0.4 is 0 Å². The van der Waals surface area contributed by atoms with Gasteiger partial charge in [-0.1, -0.05) is 0 Å². The van der Waals surface area contributed by atoms with Crippen molar-refractivity contribution in [2.75, 3.05) is 13.1 Å². The van der Waals surface area contributed by atoms with E-state index in [0.29, 0.717) is 0 Å². The number of aromatic nitrogens is 3. The van der Waals surface area contributed by atoms with Crippen LogP contribution in [-0.4, -0.2) is 44.0 Å². The number of aryl methyl sites for hydroxylation is 1. The molecule has 2 aromatic rings. The summed E-state index contributed by atoms with van der Waals surface area (Å²) in [6.45, 7) is 2.54. The number of hydrogen-bond donors (Lipinski definition) is 1. The molecule has 5 nitrogen and oxygen atoms in total. The maximum atomic E-state index is 9.60. The minimum Gasteiger partial charge on any atom is -0.392 e. The number of aliphatic hydroxyl groups is 1. The molecule has 1 saturated heterocycles. The number of likely N-dealkylation sites (tertiary alicyclic amines) is 1. The smallest absolute Gasteiger partial charge is 0.0969 e. The van der Waals surface area contributed by atoms with Crippen molar-refractivity contribution in [3.8, 4) is 11.3 Å². The number of aliphatic hydroxyl groups excluding tert-OH is 1. The Hall–Kier alpha value is -1.72. The van der Waals surface area contributed by atoms with E-state index in [1.165, 1.54) is 5.56 Å². The SMILES string of the molecule is Cn1cc(CN2CC[C@H](O)C2)c(-c2ccncc2)n1. The Bertz CT molecular complexity index is 552. The number of rotatable bonds is 3. The van der Waals surface area contributed by atoms with Crippen molar-refractivity contribution in [3.05, 3.63) is 36.3 Å². The average Bonchev–Trinajstić information content (AvgIpc) is 2.97. The van der Waals surface area contributed by atoms with Crippen LogP contribution in [0.5, 0.6) is 0 Å². The van der Waals surface area contributed by atoms with Gasteiger partial charge in [0.15, 0.2) is 0 Å². The first-order valence-corrected chi connectivity index (χ1v) is 6.56. The molecule has 1 atom stereocenters. The van der Waals surface area contributed by atoms with Crippen molar-refractivity contribution >= 4 is 0 Å². The summed E-state index contributed by atoms with van der Waals surface area (Å²) in [7, 11) is 1.94. The summed E-state index contributed by atoms with van der Waals surface area (Å²) in [5.41, 5.74) is 3.29. The van der Waals surface area contributed by atoms with Crippen molar-refractivity contribution in [2.24, 2.45) is 7.05 Å². The van der Waals surface area contributed by atoms with E-state index in [1.807, 2.05) is 23.9 Å². The van der Waals surface area contributed by atoms with Crippen LogP contribution in [0.2, 0.25) is 0 Å². The molecule has 3 heterocycles. The van der Waals surface area contributed by atoms with Gasteiger partial charge in [0.25, 0.3) is 0 Å². The van der Waals surface area contributed by atoms with E-state index in [-0.39, 0.29) is 6.10 Å². The Morgan fingerprint density at radius 3 is 2.84 bits per heavy atom. The maximum absolute atomic E-state index is 9.60. The normalized spacial score (nSPS) is 20.0. The summed E-state index contributed by atoms with van der Waals surface area (Å²) in [5.74, 6) is 0. The third kappa shape index (κ3) is 2.67. The van der Waals surface area contributed by atoms with Crippen molar-refractivity contribution in [1.82, 2.24) is 19.7 Å². The molecule has 0 bridgehead atoms. The summed E-state index contributed by atoms with van der Waals surface area (Å²) in [5, 5.41) is 14.1. The van der Waals surface area contributed by atoms with Crippen LogP contribution in [0.4, 0.5) is 0 Å². The number of hydrogen-bond acceptors (Lipinski definition) is 4. The first kappa shape index (κ1) is 12.3. The second kappa shape index (κ2) is 5.11. The molecule has 1 aliphatic rings. The Labute approximate surface area is 112 Å². The second-order valence-electron chi connectivity index (χ2n) is 5.09. The molecule has 1 N–H and O–H groups in total. The van der Waals surface area contributed by atoms with Crippen LogP contribution >= 0.6 is 0 Å². The predicted octanol–water partition coefficient (Wildman–Crippen LogP) is 1.05. The number of nitrogens with zero attached hydrogens (tertiary/aromatic N) is 4. The highest BCUT2D eigenvalue weighted by molar-refractivity contribution is 5.61. The molecule has 19 heavy (non-hydrogen) atoms. The zero-order valence-electron chi connectivity index (χ0n) is 11.0. The number of pyridine rings is 1. The lowest BCUT2D eigenvalue weighted by molar-refractivity contribution is 0.175. The second-order valence-corrected chi connectivity index (χ2v) is 5.09. The fraction of sp³-hybridized carbons (Fsp3) is 0.429. The Kier molecular flexibility index (Phi) is 3.31. The Morgan fingerprint density at radius 2 is 2.16 bits per heavy atom. The van der Waals surface area contributed by atoms with E-state index in [9.17, 15) is 5.11 Å². The molecule has 0 amide bonds. The molecule has 3 rings (SSSR count). The standard InChI is InChI=1S/C14H18N4O/c1-17-8-12(9-18-7-4-13(19)10-18)14(16-17)11-2-5-15-6-3-11/h2-3,5-6,8,13,19H,4,7,9-10H2,1H3/t13-/m0/s1. The van der Waals surface area contributed by atoms with Gasteiger partial charge in [-0.05, 0) is 18.6 Å². The first-order valence-electron chi connectivity index (χ1n) is 6.56. The van der Waals surface area contributed by atoms with Crippen molar-refractivity contribution in [1.29, 1.82) is 0 Å². The van der Waals surface area contributed by atoms with Gasteiger partial charge in [0.05, 0.1) is 11.8 Å². The lowest BCUT2D eigenvalue weighted by Gasteiger charge is -2.14. The third-order valence-electron chi connectivity index (χ3n) is 3.50. The molecule has 2 aromatic heterocycles. The van der Waals surface area contributed by atoms with Crippen molar-refractivity contribution in [3.63, 3.8) is 0 Å². The van der Waals surface area contributed by atoms with E-state index in [0.717, 1.165) is 37.3 Å². The van der Waals surface area contributed by atoms with Crippen LogP contribution in [-0.2, 0) is 13.6 Å². The quantitative estimate of drug-likeness (QED) is 0.894. The topological polar surface area (TPSA) is 54.2 Å². The van der Waals surface area contributed by atoms with Crippen LogP contribution in [0.1, 0.15) is 12.0 Å². The summed E-state index contributed by atoms with van der Waals surface area (Å²) in [6.07, 6.45) is 6.31. The first-order chi connectivity index (χ1) is 9.22. The van der Waals surface area contributed by atoms with Gasteiger partial charge in [-0.15, -0.1) is 0 Å². The molecule has 5 heteroatoms. The van der Waals surface area contributed by atoms with Gasteiger partial charge in [0, 0.05) is 56.4 Å². The van der Waals surface area contributed by atoms with E-state index >= 15 is 0 Å². The van der Waals surface area contributed by atoms with Gasteiger partial charge >= 0.3 is 0 Å².